The van der Waals surface area contributed by atoms with Crippen molar-refractivity contribution in [1.29, 1.82) is 0 Å². The number of alkyl halides is 5. The number of anilines is 1. The molecule has 216 valence electrons. The number of nitrogens with zero attached hydrogens (tertiary/aromatic N) is 3. The zero-order valence-corrected chi connectivity index (χ0v) is 23.7. The van der Waals surface area contributed by atoms with Gasteiger partial charge in [-0.05, 0) is 42.2 Å². The fourth-order valence-corrected chi connectivity index (χ4v) is 6.24. The number of carbonyl (C=O) groups is 1. The molecule has 1 amide bonds. The van der Waals surface area contributed by atoms with Crippen LogP contribution in [0.5, 0.6) is 0 Å². The minimum Gasteiger partial charge on any atom is -0.370 e. The average Bonchev–Trinajstić information content (AvgIpc) is 3.17. The molecule has 0 bridgehead atoms. The van der Waals surface area contributed by atoms with Crippen LogP contribution in [0.15, 0.2) is 24.3 Å². The van der Waals surface area contributed by atoms with Gasteiger partial charge in [0.1, 0.15) is 5.82 Å². The van der Waals surface area contributed by atoms with E-state index < -0.39 is 42.7 Å². The number of imidazole rings is 1. The van der Waals surface area contributed by atoms with Gasteiger partial charge in [0, 0.05) is 56.9 Å². The number of benzene rings is 2. The molecule has 2 aliphatic rings. The Labute approximate surface area is 242 Å². The number of piperidine rings is 1. The predicted molar refractivity (Wildman–Crippen MR) is 146 cm³/mol. The van der Waals surface area contributed by atoms with Crippen molar-refractivity contribution in [3.8, 4) is 0 Å². The molecule has 0 spiro atoms. The number of carbonyl (C=O) groups excluding carboxylic acids is 1. The van der Waals surface area contributed by atoms with E-state index in [9.17, 15) is 26.7 Å². The van der Waals surface area contributed by atoms with Gasteiger partial charge in [0.05, 0.1) is 32.7 Å². The van der Waals surface area contributed by atoms with Gasteiger partial charge in [-0.25, -0.2) is 13.8 Å². The number of hydrogen-bond donors (Lipinski definition) is 1. The van der Waals surface area contributed by atoms with Crippen molar-refractivity contribution in [2.75, 3.05) is 18.0 Å². The molecule has 2 heterocycles. The molecular weight excluding hydrogens is 598 g/mol. The monoisotopic (exact) mass is 622 g/mol. The molecule has 1 aliphatic carbocycles. The van der Waals surface area contributed by atoms with E-state index in [1.807, 2.05) is 4.57 Å². The van der Waals surface area contributed by atoms with Gasteiger partial charge in [0.2, 0.25) is 11.8 Å². The molecule has 13 heteroatoms. The topological polar surface area (TPSA) is 50.2 Å². The smallest absolute Gasteiger partial charge is 0.370 e. The number of aromatic nitrogens is 2. The number of fused-ring (bicyclic) bond motifs is 1. The van der Waals surface area contributed by atoms with Gasteiger partial charge in [-0.2, -0.15) is 13.2 Å². The summed E-state index contributed by atoms with van der Waals surface area (Å²) in [6.07, 6.45) is -4.45. The van der Waals surface area contributed by atoms with Crippen molar-refractivity contribution in [3.63, 3.8) is 0 Å². The third kappa shape index (κ3) is 5.85. The van der Waals surface area contributed by atoms with Gasteiger partial charge in [-0.3, -0.25) is 4.79 Å². The Bertz CT molecular complexity index is 1450. The predicted octanol–water partition coefficient (Wildman–Crippen LogP) is 7.56. The molecule has 2 fully saturated rings. The molecule has 1 atom stereocenters. The van der Waals surface area contributed by atoms with Crippen molar-refractivity contribution < 1.29 is 26.7 Å². The number of halogens is 8. The molecule has 0 radical (unpaired) electrons. The van der Waals surface area contributed by atoms with E-state index >= 15 is 0 Å². The highest BCUT2D eigenvalue weighted by Crippen LogP contribution is 2.43. The Balaban J connectivity index is 1.36. The lowest BCUT2D eigenvalue weighted by Crippen LogP contribution is -2.44. The Kier molecular flexibility index (Phi) is 7.91. The van der Waals surface area contributed by atoms with E-state index in [4.69, 9.17) is 34.8 Å². The van der Waals surface area contributed by atoms with Gasteiger partial charge >= 0.3 is 6.18 Å². The van der Waals surface area contributed by atoms with Gasteiger partial charge in [0.15, 0.2) is 0 Å². The number of amides is 1. The van der Waals surface area contributed by atoms with E-state index in [-0.39, 0.29) is 25.9 Å². The molecule has 1 N–H and O–H groups in total. The Morgan fingerprint density at radius 1 is 1.15 bits per heavy atom. The highest BCUT2D eigenvalue weighted by molar-refractivity contribution is 6.36. The van der Waals surface area contributed by atoms with E-state index in [1.165, 1.54) is 0 Å². The molecular formula is C27H26Cl3F5N4O. The van der Waals surface area contributed by atoms with E-state index in [2.05, 4.69) is 10.3 Å². The first-order valence-corrected chi connectivity index (χ1v) is 13.9. The lowest BCUT2D eigenvalue weighted by Gasteiger charge is -2.35. The fourth-order valence-electron chi connectivity index (χ4n) is 5.39. The van der Waals surface area contributed by atoms with Crippen LogP contribution in [0.4, 0.5) is 27.6 Å². The van der Waals surface area contributed by atoms with Gasteiger partial charge in [-0.15, -0.1) is 0 Å². The summed E-state index contributed by atoms with van der Waals surface area (Å²) in [5, 5.41) is 3.69. The molecule has 1 aromatic heterocycles. The molecule has 5 rings (SSSR count). The summed E-state index contributed by atoms with van der Waals surface area (Å²) < 4.78 is 68.2. The third-order valence-electron chi connectivity index (χ3n) is 7.78. The summed E-state index contributed by atoms with van der Waals surface area (Å²) in [5.41, 5.74) is 2.93. The highest BCUT2D eigenvalue weighted by atomic mass is 35.5. The quantitative estimate of drug-likeness (QED) is 0.288. The summed E-state index contributed by atoms with van der Waals surface area (Å²) in [6, 6.07) is 6.71. The standard InChI is InChI=1S/C27H26Cl3F5N4O/c1-38-22-9-21(39-6-2-3-16(13-39)27(33,34)35)19(29)8-20(22)37-23(38)7-17-18(28)5-4-14(24(17)30)12-36-25(40)15-10-26(31,32)11-15/h4-5,8-9,15-16H,2-3,6-7,10-13H2,1H3,(H,36,40). The Hall–Kier alpha value is -2.30. The van der Waals surface area contributed by atoms with Crippen molar-refractivity contribution in [3.05, 3.63) is 56.3 Å². The minimum atomic E-state index is -4.27. The van der Waals surface area contributed by atoms with Gasteiger partial charge < -0.3 is 14.8 Å². The van der Waals surface area contributed by atoms with Crippen LogP contribution in [-0.4, -0.2) is 40.6 Å². The number of hydrogen-bond acceptors (Lipinski definition) is 3. The largest absolute Gasteiger partial charge is 0.393 e. The first kappa shape index (κ1) is 29.2. The molecule has 5 nitrogen and oxygen atoms in total. The second kappa shape index (κ2) is 10.8. The van der Waals surface area contributed by atoms with Gasteiger partial charge in [-0.1, -0.05) is 40.9 Å². The first-order valence-electron chi connectivity index (χ1n) is 12.8. The van der Waals surface area contributed by atoms with Crippen LogP contribution in [0.25, 0.3) is 11.0 Å². The zero-order valence-electron chi connectivity index (χ0n) is 21.4. The number of aryl methyl sites for hydroxylation is 1. The number of rotatable bonds is 6. The lowest BCUT2D eigenvalue weighted by molar-refractivity contribution is -0.176. The summed E-state index contributed by atoms with van der Waals surface area (Å²) in [5.74, 6) is -4.77. The lowest BCUT2D eigenvalue weighted by atomic mass is 9.81. The van der Waals surface area contributed by atoms with Crippen LogP contribution in [0.3, 0.4) is 0 Å². The van der Waals surface area contributed by atoms with E-state index in [0.29, 0.717) is 61.7 Å². The van der Waals surface area contributed by atoms with E-state index in [0.717, 1.165) is 0 Å². The van der Waals surface area contributed by atoms with Crippen molar-refractivity contribution in [2.45, 2.75) is 50.7 Å². The van der Waals surface area contributed by atoms with E-state index in [1.54, 1.807) is 36.2 Å². The minimum absolute atomic E-state index is 0.0557. The average molecular weight is 624 g/mol. The molecule has 3 aromatic rings. The van der Waals surface area contributed by atoms with Crippen LogP contribution in [0.1, 0.15) is 42.6 Å². The first-order chi connectivity index (χ1) is 18.7. The Morgan fingerprint density at radius 2 is 1.88 bits per heavy atom. The molecule has 1 saturated carbocycles. The summed E-state index contributed by atoms with van der Waals surface area (Å²) in [6.45, 7) is 0.373. The molecule has 1 saturated heterocycles. The molecule has 1 aliphatic heterocycles. The molecule has 2 aromatic carbocycles. The highest BCUT2D eigenvalue weighted by Gasteiger charge is 2.48. The van der Waals surface area contributed by atoms with Crippen LogP contribution in [-0.2, 0) is 24.8 Å². The molecule has 40 heavy (non-hydrogen) atoms. The third-order valence-corrected chi connectivity index (χ3v) is 8.91. The van der Waals surface area contributed by atoms with Crippen molar-refractivity contribution in [2.24, 2.45) is 18.9 Å². The summed E-state index contributed by atoms with van der Waals surface area (Å²) >= 11 is 19.6. The fraction of sp³-hybridized carbons (Fsp3) is 0.481. The maximum Gasteiger partial charge on any atom is 0.393 e. The van der Waals surface area contributed by atoms with Gasteiger partial charge in [0.25, 0.3) is 0 Å². The number of nitrogens with one attached hydrogen (secondary N) is 1. The summed E-state index contributed by atoms with van der Waals surface area (Å²) in [7, 11) is 1.79. The molecule has 1 unspecified atom stereocenters. The van der Waals surface area contributed by atoms with Crippen LogP contribution < -0.4 is 10.2 Å². The van der Waals surface area contributed by atoms with Crippen LogP contribution in [0.2, 0.25) is 15.1 Å². The van der Waals surface area contributed by atoms with Crippen molar-refractivity contribution in [1.82, 2.24) is 14.9 Å². The zero-order chi connectivity index (χ0) is 29.0. The normalized spacial score (nSPS) is 19.6. The maximum absolute atomic E-state index is 13.4. The van der Waals surface area contributed by atoms with Crippen LogP contribution >= 0.6 is 34.8 Å². The maximum atomic E-state index is 13.4. The van der Waals surface area contributed by atoms with Crippen molar-refractivity contribution >= 4 is 57.4 Å². The summed E-state index contributed by atoms with van der Waals surface area (Å²) in [4.78, 5) is 18.6. The Morgan fingerprint density at radius 3 is 2.55 bits per heavy atom. The van der Waals surface area contributed by atoms with Crippen LogP contribution in [0, 0.1) is 11.8 Å². The SMILES string of the molecule is Cn1c(Cc2c(Cl)ccc(CNC(=O)C3CC(F)(F)C3)c2Cl)nc2cc(Cl)c(N3CCCC(C(F)(F)F)C3)cc21. The second-order valence-corrected chi connectivity index (χ2v) is 11.8. The second-order valence-electron chi connectivity index (χ2n) is 10.6.